The summed E-state index contributed by atoms with van der Waals surface area (Å²) in [6, 6.07) is 9.49. The van der Waals surface area contributed by atoms with Crippen LogP contribution in [-0.2, 0) is 11.3 Å². The van der Waals surface area contributed by atoms with Gasteiger partial charge in [0.25, 0.3) is 11.1 Å². The van der Waals surface area contributed by atoms with Crippen LogP contribution in [0, 0.1) is 0 Å². The largest absolute Gasteiger partial charge is 0.352 e. The van der Waals surface area contributed by atoms with Gasteiger partial charge in [-0.15, -0.1) is 11.3 Å². The SMILES string of the molecule is CC(C(=O)NCCn1nc(-c2cccs2)ccc1=O)n1nc(C2CC2)ccc1=O. The Balaban J connectivity index is 1.40. The van der Waals surface area contributed by atoms with E-state index in [0.717, 1.165) is 23.4 Å². The lowest BCUT2D eigenvalue weighted by atomic mass is 10.2. The van der Waals surface area contributed by atoms with Gasteiger partial charge >= 0.3 is 0 Å². The van der Waals surface area contributed by atoms with Crippen LogP contribution in [0.25, 0.3) is 10.6 Å². The van der Waals surface area contributed by atoms with E-state index in [4.69, 9.17) is 0 Å². The summed E-state index contributed by atoms with van der Waals surface area (Å²) in [5.41, 5.74) is 1.03. The smallest absolute Gasteiger partial charge is 0.267 e. The molecule has 3 aromatic heterocycles. The maximum Gasteiger partial charge on any atom is 0.267 e. The van der Waals surface area contributed by atoms with E-state index in [1.807, 2.05) is 17.5 Å². The van der Waals surface area contributed by atoms with Gasteiger partial charge in [0.2, 0.25) is 5.91 Å². The molecule has 29 heavy (non-hydrogen) atoms. The lowest BCUT2D eigenvalue weighted by molar-refractivity contribution is -0.124. The van der Waals surface area contributed by atoms with Crippen LogP contribution in [0.1, 0.15) is 37.4 Å². The Kier molecular flexibility index (Phi) is 5.39. The standard InChI is InChI=1S/C20H21N5O3S/c1-13(25-19(27)9-6-15(23-25)14-4-5-14)20(28)21-10-11-24-18(26)8-7-16(22-24)17-3-2-12-29-17/h2-3,6-9,12-14H,4-5,10-11H2,1H3,(H,21,28). The molecule has 3 aromatic rings. The summed E-state index contributed by atoms with van der Waals surface area (Å²) in [4.78, 5) is 37.7. The number of nitrogens with one attached hydrogen (secondary N) is 1. The van der Waals surface area contributed by atoms with Crippen LogP contribution in [0.5, 0.6) is 0 Å². The molecular weight excluding hydrogens is 390 g/mol. The number of carbonyl (C=O) groups excluding carboxylic acids is 1. The second kappa shape index (κ2) is 8.12. The number of hydrogen-bond acceptors (Lipinski definition) is 6. The zero-order valence-electron chi connectivity index (χ0n) is 15.9. The van der Waals surface area contributed by atoms with E-state index in [9.17, 15) is 14.4 Å². The van der Waals surface area contributed by atoms with Crippen molar-refractivity contribution in [2.75, 3.05) is 6.54 Å². The molecule has 1 saturated carbocycles. The van der Waals surface area contributed by atoms with E-state index in [1.165, 1.54) is 21.5 Å². The fourth-order valence-corrected chi connectivity index (χ4v) is 3.71. The molecular formula is C20H21N5O3S. The van der Waals surface area contributed by atoms with Crippen LogP contribution < -0.4 is 16.4 Å². The maximum atomic E-state index is 12.5. The summed E-state index contributed by atoms with van der Waals surface area (Å²) in [6.07, 6.45) is 2.14. The van der Waals surface area contributed by atoms with Gasteiger partial charge in [-0.3, -0.25) is 14.4 Å². The second-order valence-corrected chi connectivity index (χ2v) is 7.99. The monoisotopic (exact) mass is 411 g/mol. The molecule has 1 atom stereocenters. The predicted molar refractivity (Wildman–Crippen MR) is 110 cm³/mol. The Labute approximate surface area is 170 Å². The van der Waals surface area contributed by atoms with Gasteiger partial charge in [-0.1, -0.05) is 6.07 Å². The molecule has 0 radical (unpaired) electrons. The minimum atomic E-state index is -0.733. The van der Waals surface area contributed by atoms with E-state index in [1.54, 1.807) is 30.4 Å². The number of carbonyl (C=O) groups is 1. The van der Waals surface area contributed by atoms with Crippen molar-refractivity contribution in [1.82, 2.24) is 24.9 Å². The van der Waals surface area contributed by atoms with Gasteiger partial charge < -0.3 is 5.32 Å². The minimum absolute atomic E-state index is 0.223. The molecule has 0 bridgehead atoms. The zero-order valence-corrected chi connectivity index (χ0v) is 16.8. The molecule has 0 spiro atoms. The van der Waals surface area contributed by atoms with E-state index in [-0.39, 0.29) is 30.1 Å². The van der Waals surface area contributed by atoms with Crippen molar-refractivity contribution in [2.24, 2.45) is 0 Å². The molecule has 1 amide bonds. The molecule has 1 aliphatic carbocycles. The van der Waals surface area contributed by atoms with Gasteiger partial charge in [-0.05, 0) is 43.3 Å². The highest BCUT2D eigenvalue weighted by atomic mass is 32.1. The van der Waals surface area contributed by atoms with E-state index >= 15 is 0 Å². The van der Waals surface area contributed by atoms with Crippen LogP contribution in [0.2, 0.25) is 0 Å². The van der Waals surface area contributed by atoms with E-state index in [2.05, 4.69) is 15.5 Å². The molecule has 8 nitrogen and oxygen atoms in total. The van der Waals surface area contributed by atoms with Gasteiger partial charge in [-0.2, -0.15) is 10.2 Å². The first-order chi connectivity index (χ1) is 14.0. The highest BCUT2D eigenvalue weighted by Gasteiger charge is 2.27. The molecule has 0 saturated heterocycles. The van der Waals surface area contributed by atoms with Gasteiger partial charge in [0.05, 0.1) is 17.1 Å². The highest BCUT2D eigenvalue weighted by Crippen LogP contribution is 2.38. The number of thiophene rings is 1. The van der Waals surface area contributed by atoms with Gasteiger partial charge in [0.15, 0.2) is 0 Å². The Bertz CT molecular complexity index is 1130. The van der Waals surface area contributed by atoms with Crippen LogP contribution in [0.3, 0.4) is 0 Å². The normalized spacial score (nSPS) is 14.5. The summed E-state index contributed by atoms with van der Waals surface area (Å²) < 4.78 is 2.56. The van der Waals surface area contributed by atoms with Gasteiger partial charge in [0.1, 0.15) is 11.7 Å². The zero-order chi connectivity index (χ0) is 20.4. The van der Waals surface area contributed by atoms with Crippen LogP contribution in [-0.4, -0.2) is 32.0 Å². The van der Waals surface area contributed by atoms with Gasteiger partial charge in [-0.25, -0.2) is 9.36 Å². The first-order valence-corrected chi connectivity index (χ1v) is 10.4. The van der Waals surface area contributed by atoms with Gasteiger partial charge in [0, 0.05) is 24.6 Å². The third-order valence-electron chi connectivity index (χ3n) is 4.85. The molecule has 3 heterocycles. The van der Waals surface area contributed by atoms with E-state index in [0.29, 0.717) is 11.6 Å². The molecule has 0 aromatic carbocycles. The van der Waals surface area contributed by atoms with Crippen molar-refractivity contribution in [1.29, 1.82) is 0 Å². The van der Waals surface area contributed by atoms with Crippen LogP contribution in [0.15, 0.2) is 51.4 Å². The molecule has 1 N–H and O–H groups in total. The number of aromatic nitrogens is 4. The summed E-state index contributed by atoms with van der Waals surface area (Å²) in [5, 5.41) is 13.4. The summed E-state index contributed by atoms with van der Waals surface area (Å²) in [5.74, 6) is 0.0701. The molecule has 1 fully saturated rings. The summed E-state index contributed by atoms with van der Waals surface area (Å²) in [7, 11) is 0. The van der Waals surface area contributed by atoms with Crippen molar-refractivity contribution in [3.05, 3.63) is 68.2 Å². The average molecular weight is 411 g/mol. The maximum absolute atomic E-state index is 12.5. The number of nitrogens with zero attached hydrogens (tertiary/aromatic N) is 4. The highest BCUT2D eigenvalue weighted by molar-refractivity contribution is 7.13. The number of amides is 1. The summed E-state index contributed by atoms with van der Waals surface area (Å²) >= 11 is 1.54. The number of rotatable bonds is 7. The Morgan fingerprint density at radius 2 is 1.97 bits per heavy atom. The second-order valence-electron chi connectivity index (χ2n) is 7.04. The van der Waals surface area contributed by atoms with E-state index < -0.39 is 6.04 Å². The first kappa shape index (κ1) is 19.3. The molecule has 1 unspecified atom stereocenters. The number of hydrogen-bond donors (Lipinski definition) is 1. The van der Waals surface area contributed by atoms with Crippen LogP contribution >= 0.6 is 11.3 Å². The third-order valence-corrected chi connectivity index (χ3v) is 5.74. The molecule has 9 heteroatoms. The van der Waals surface area contributed by atoms with Crippen molar-refractivity contribution >= 4 is 17.2 Å². The Morgan fingerprint density at radius 3 is 2.69 bits per heavy atom. The lowest BCUT2D eigenvalue weighted by Crippen LogP contribution is -2.39. The van der Waals surface area contributed by atoms with Crippen molar-refractivity contribution < 1.29 is 4.79 Å². The minimum Gasteiger partial charge on any atom is -0.352 e. The molecule has 150 valence electrons. The molecule has 1 aliphatic rings. The fraction of sp³-hybridized carbons (Fsp3) is 0.350. The molecule has 0 aliphatic heterocycles. The quantitative estimate of drug-likeness (QED) is 0.639. The Morgan fingerprint density at radius 1 is 1.17 bits per heavy atom. The van der Waals surface area contributed by atoms with Crippen molar-refractivity contribution in [2.45, 2.75) is 38.3 Å². The van der Waals surface area contributed by atoms with Crippen molar-refractivity contribution in [3.8, 4) is 10.6 Å². The lowest BCUT2D eigenvalue weighted by Gasteiger charge is -2.15. The molecule has 4 rings (SSSR count). The Hall–Kier alpha value is -3.07. The first-order valence-electron chi connectivity index (χ1n) is 9.52. The average Bonchev–Trinajstić information content (AvgIpc) is 3.43. The summed E-state index contributed by atoms with van der Waals surface area (Å²) in [6.45, 7) is 2.10. The topological polar surface area (TPSA) is 98.9 Å². The fourth-order valence-electron chi connectivity index (χ4n) is 3.02. The van der Waals surface area contributed by atoms with Crippen LogP contribution in [0.4, 0.5) is 0 Å². The third kappa shape index (κ3) is 4.34. The van der Waals surface area contributed by atoms with Crippen molar-refractivity contribution in [3.63, 3.8) is 0 Å². The predicted octanol–water partition coefficient (Wildman–Crippen LogP) is 1.78.